The predicted octanol–water partition coefficient (Wildman–Crippen LogP) is 16.8. The molecule has 2 aliphatic heterocycles. The summed E-state index contributed by atoms with van der Waals surface area (Å²) >= 11 is 0. The Hall–Kier alpha value is -6.98. The molecule has 11 rings (SSSR count). The predicted molar refractivity (Wildman–Crippen MR) is 309 cm³/mol. The van der Waals surface area contributed by atoms with Gasteiger partial charge in [0, 0.05) is 56.9 Å². The molecule has 0 unspecified atom stereocenters. The quantitative estimate of drug-likeness (QED) is 0.168. The van der Waals surface area contributed by atoms with Crippen molar-refractivity contribution in [2.45, 2.75) is 124 Å². The summed E-state index contributed by atoms with van der Waals surface area (Å²) in [5.74, 6) is 1.52. The highest BCUT2D eigenvalue weighted by Crippen LogP contribution is 2.56. The molecule has 0 fully saturated rings. The zero-order chi connectivity index (χ0) is 51.7. The second kappa shape index (κ2) is 16.5. The Morgan fingerprint density at radius 1 is 0.472 bits per heavy atom. The van der Waals surface area contributed by atoms with Crippen LogP contribution in [0.1, 0.15) is 132 Å². The van der Waals surface area contributed by atoms with Crippen LogP contribution in [-0.2, 0) is 27.1 Å². The molecule has 3 aliphatic rings. The van der Waals surface area contributed by atoms with E-state index in [0.717, 1.165) is 67.9 Å². The number of hydrogen-bond acceptors (Lipinski definition) is 4. The largest absolute Gasteiger partial charge is 0.458 e. The summed E-state index contributed by atoms with van der Waals surface area (Å²) < 4.78 is 16.3. The van der Waals surface area contributed by atoms with Crippen molar-refractivity contribution in [2.75, 3.05) is 15.1 Å². The molecular weight excluding hydrogens is 874 g/mol. The van der Waals surface area contributed by atoms with Gasteiger partial charge in [0.25, 0.3) is 6.71 Å². The van der Waals surface area contributed by atoms with Gasteiger partial charge in [-0.15, -0.1) is 0 Å². The Morgan fingerprint density at radius 2 is 0.931 bits per heavy atom. The van der Waals surface area contributed by atoms with Crippen LogP contribution in [0.15, 0.2) is 164 Å². The van der Waals surface area contributed by atoms with Crippen molar-refractivity contribution >= 4 is 68.6 Å². The summed E-state index contributed by atoms with van der Waals surface area (Å²) in [5, 5.41) is 3.97. The minimum absolute atomic E-state index is 0.00900. The van der Waals surface area contributed by atoms with Gasteiger partial charge in [0.15, 0.2) is 0 Å². The lowest BCUT2D eigenvalue weighted by atomic mass is 9.33. The van der Waals surface area contributed by atoms with Crippen molar-refractivity contribution in [1.29, 1.82) is 0 Å². The van der Waals surface area contributed by atoms with Crippen molar-refractivity contribution in [3.63, 3.8) is 0 Å². The van der Waals surface area contributed by atoms with E-state index in [9.17, 15) is 1.37 Å². The summed E-state index contributed by atoms with van der Waals surface area (Å²) in [5.41, 5.74) is 21.8. The smallest absolute Gasteiger partial charge is 0.256 e. The standard InChI is InChI=1S/C67H70BN3O/c1-63(2,3)42-22-30-46(31-23-42)70(47-32-24-43(25-33-47)64(4,5)6)50-38-39-53-58(40-50)72-57-21-17-20-54-61(57)68(53)62-55(69-54)41-56(59-51-18-15-16-19-52(51)67(13,14)60(59)62)71(48-34-26-44(27-35-48)65(7,8)9)49-36-28-45(29-37-49)66(10,11)12/h15-41,69H,1-14H3/i17D. The molecule has 0 radical (unpaired) electrons. The average molecular weight is 945 g/mol. The van der Waals surface area contributed by atoms with Gasteiger partial charge in [-0.3, -0.25) is 0 Å². The molecule has 362 valence electrons. The number of rotatable bonds is 6. The molecule has 2 heterocycles. The van der Waals surface area contributed by atoms with E-state index < -0.39 is 0 Å². The molecule has 5 heteroatoms. The first kappa shape index (κ1) is 46.1. The van der Waals surface area contributed by atoms with Gasteiger partial charge in [-0.05, 0) is 150 Å². The van der Waals surface area contributed by atoms with Crippen LogP contribution < -0.4 is 36.2 Å². The van der Waals surface area contributed by atoms with Gasteiger partial charge in [0.05, 0.1) is 7.06 Å². The van der Waals surface area contributed by atoms with Crippen LogP contribution in [0.25, 0.3) is 11.1 Å². The highest BCUT2D eigenvalue weighted by atomic mass is 16.5. The second-order valence-electron chi connectivity index (χ2n) is 25.2. The molecule has 0 atom stereocenters. The third-order valence-corrected chi connectivity index (χ3v) is 15.7. The fourth-order valence-electron chi connectivity index (χ4n) is 11.6. The molecule has 1 aliphatic carbocycles. The molecule has 0 amide bonds. The SMILES string of the molecule is [2H]c1cc2c3c(c1)Oc1cc(N(c4ccc(C(C)(C)C)cc4)c4ccc(C(C)(C)C)cc4)ccc1B3c1c(cc(N(c3ccc(C(C)(C)C)cc3)c3ccc(C(C)(C)C)cc3)c3c1C(C)(C)c1ccccc1-3)N2. The lowest BCUT2D eigenvalue weighted by Crippen LogP contribution is -2.60. The van der Waals surface area contributed by atoms with Gasteiger partial charge >= 0.3 is 0 Å². The number of benzene rings is 8. The maximum atomic E-state index is 9.19. The van der Waals surface area contributed by atoms with E-state index in [2.05, 4.69) is 258 Å². The van der Waals surface area contributed by atoms with Gasteiger partial charge in [-0.1, -0.05) is 182 Å². The number of nitrogens with one attached hydrogen (secondary N) is 1. The molecule has 1 N–H and O–H groups in total. The molecule has 4 nitrogen and oxygen atoms in total. The van der Waals surface area contributed by atoms with Crippen LogP contribution in [0.5, 0.6) is 11.5 Å². The van der Waals surface area contributed by atoms with E-state index in [1.807, 2.05) is 12.1 Å². The van der Waals surface area contributed by atoms with Gasteiger partial charge in [-0.2, -0.15) is 0 Å². The Labute approximate surface area is 431 Å². The first-order valence-corrected chi connectivity index (χ1v) is 25.9. The van der Waals surface area contributed by atoms with Gasteiger partial charge in [-0.25, -0.2) is 0 Å². The molecule has 72 heavy (non-hydrogen) atoms. The number of hydrogen-bond donors (Lipinski definition) is 1. The number of ether oxygens (including phenoxy) is 1. The maximum absolute atomic E-state index is 9.19. The van der Waals surface area contributed by atoms with Crippen LogP contribution >= 0.6 is 0 Å². The van der Waals surface area contributed by atoms with E-state index in [4.69, 9.17) is 4.74 Å². The van der Waals surface area contributed by atoms with Crippen LogP contribution in [0.4, 0.5) is 45.5 Å². The molecule has 0 aromatic heterocycles. The summed E-state index contributed by atoms with van der Waals surface area (Å²) in [6.07, 6.45) is 0. The Balaban J connectivity index is 1.14. The van der Waals surface area contributed by atoms with Gasteiger partial charge in [0.1, 0.15) is 11.5 Å². The lowest BCUT2D eigenvalue weighted by Gasteiger charge is -2.39. The Bertz CT molecular complexity index is 3320. The number of fused-ring (bicyclic) bond motifs is 8. The van der Waals surface area contributed by atoms with E-state index in [1.165, 1.54) is 50.0 Å². The van der Waals surface area contributed by atoms with Crippen molar-refractivity contribution in [1.82, 2.24) is 0 Å². The van der Waals surface area contributed by atoms with E-state index in [0.29, 0.717) is 6.04 Å². The summed E-state index contributed by atoms with van der Waals surface area (Å²) in [4.78, 5) is 4.82. The fraction of sp³-hybridized carbons (Fsp3) is 0.284. The van der Waals surface area contributed by atoms with Crippen LogP contribution in [0.3, 0.4) is 0 Å². The normalized spacial score (nSPS) is 14.5. The summed E-state index contributed by atoms with van der Waals surface area (Å²) in [7, 11) is 0. The zero-order valence-electron chi connectivity index (χ0n) is 45.9. The van der Waals surface area contributed by atoms with Gasteiger partial charge in [0.2, 0.25) is 0 Å². The third-order valence-electron chi connectivity index (χ3n) is 15.7. The monoisotopic (exact) mass is 945 g/mol. The lowest BCUT2D eigenvalue weighted by molar-refractivity contribution is 0.488. The number of nitrogens with zero attached hydrogens (tertiary/aromatic N) is 2. The molecular formula is C67H70BN3O. The number of anilines is 8. The Kier molecular flexibility index (Phi) is 10.6. The van der Waals surface area contributed by atoms with Crippen molar-refractivity contribution in [3.8, 4) is 22.6 Å². The van der Waals surface area contributed by atoms with E-state index in [-0.39, 0.29) is 33.8 Å². The minimum Gasteiger partial charge on any atom is -0.458 e. The average Bonchev–Trinajstić information content (AvgIpc) is 3.57. The fourth-order valence-corrected chi connectivity index (χ4v) is 11.6. The molecule has 0 saturated carbocycles. The zero-order valence-corrected chi connectivity index (χ0v) is 44.9. The topological polar surface area (TPSA) is 27.7 Å². The molecule has 0 saturated heterocycles. The highest BCUT2D eigenvalue weighted by Gasteiger charge is 2.48. The summed E-state index contributed by atoms with van der Waals surface area (Å²) in [6, 6.07) is 58.9. The van der Waals surface area contributed by atoms with E-state index >= 15 is 0 Å². The molecule has 8 aromatic rings. The Morgan fingerprint density at radius 3 is 1.42 bits per heavy atom. The first-order valence-electron chi connectivity index (χ1n) is 26.4. The van der Waals surface area contributed by atoms with E-state index in [1.54, 1.807) is 0 Å². The highest BCUT2D eigenvalue weighted by molar-refractivity contribution is 6.99. The third kappa shape index (κ3) is 7.91. The van der Waals surface area contributed by atoms with Gasteiger partial charge < -0.3 is 19.9 Å². The van der Waals surface area contributed by atoms with Crippen molar-refractivity contribution in [3.05, 3.63) is 197 Å². The van der Waals surface area contributed by atoms with Crippen molar-refractivity contribution in [2.24, 2.45) is 0 Å². The summed E-state index contributed by atoms with van der Waals surface area (Å²) in [6.45, 7) is 31.9. The first-order chi connectivity index (χ1) is 34.4. The van der Waals surface area contributed by atoms with Crippen LogP contribution in [0.2, 0.25) is 0 Å². The molecule has 8 aromatic carbocycles. The molecule has 0 bridgehead atoms. The minimum atomic E-state index is -0.369. The van der Waals surface area contributed by atoms with Crippen LogP contribution in [-0.4, -0.2) is 6.71 Å². The molecule has 0 spiro atoms. The van der Waals surface area contributed by atoms with Crippen LogP contribution in [0, 0.1) is 0 Å². The maximum Gasteiger partial charge on any atom is 0.256 e. The second-order valence-corrected chi connectivity index (χ2v) is 25.2. The van der Waals surface area contributed by atoms with Crippen molar-refractivity contribution < 1.29 is 6.11 Å².